The van der Waals surface area contributed by atoms with Crippen LogP contribution in [0.4, 0.5) is 5.69 Å². The van der Waals surface area contributed by atoms with Gasteiger partial charge in [0.05, 0.1) is 19.8 Å². The molecule has 0 aromatic heterocycles. The fraction of sp³-hybridized carbons (Fsp3) is 0.500. The lowest BCUT2D eigenvalue weighted by Gasteiger charge is -2.19. The Morgan fingerprint density at radius 3 is 2.42 bits per heavy atom. The Labute approximate surface area is 113 Å². The Bertz CT molecular complexity index is 415. The quantitative estimate of drug-likeness (QED) is 0.673. The van der Waals surface area contributed by atoms with E-state index < -0.39 is 0 Å². The summed E-state index contributed by atoms with van der Waals surface area (Å²) < 4.78 is 0. The molecular weight excluding hydrogens is 244 g/mol. The van der Waals surface area contributed by atoms with E-state index in [2.05, 4.69) is 5.32 Å². The molecule has 0 saturated carbocycles. The third kappa shape index (κ3) is 5.38. The van der Waals surface area contributed by atoms with E-state index in [1.165, 1.54) is 0 Å². The number of benzene rings is 1. The van der Waals surface area contributed by atoms with Crippen LogP contribution in [0.15, 0.2) is 18.2 Å². The number of aliphatic hydroxyl groups is 2. The second-order valence-corrected chi connectivity index (χ2v) is 4.59. The number of carbonyl (C=O) groups excluding carboxylic acids is 1. The molecule has 1 rings (SSSR count). The number of nitrogens with zero attached hydrogens (tertiary/aromatic N) is 1. The summed E-state index contributed by atoms with van der Waals surface area (Å²) in [4.78, 5) is 13.6. The summed E-state index contributed by atoms with van der Waals surface area (Å²) in [6.07, 6.45) is 0. The summed E-state index contributed by atoms with van der Waals surface area (Å²) in [5.41, 5.74) is 2.90. The third-order valence-corrected chi connectivity index (χ3v) is 2.87. The first-order valence-corrected chi connectivity index (χ1v) is 6.38. The highest BCUT2D eigenvalue weighted by Gasteiger charge is 2.11. The van der Waals surface area contributed by atoms with Crippen LogP contribution < -0.4 is 5.32 Å². The Kier molecular flexibility index (Phi) is 6.49. The van der Waals surface area contributed by atoms with Crippen LogP contribution in [-0.2, 0) is 4.79 Å². The molecule has 0 heterocycles. The van der Waals surface area contributed by atoms with Crippen LogP contribution in [0.2, 0.25) is 0 Å². The van der Waals surface area contributed by atoms with Crippen molar-refractivity contribution < 1.29 is 15.0 Å². The molecule has 0 atom stereocenters. The van der Waals surface area contributed by atoms with E-state index in [0.717, 1.165) is 16.8 Å². The molecule has 0 unspecified atom stereocenters. The van der Waals surface area contributed by atoms with Crippen LogP contribution in [0.3, 0.4) is 0 Å². The highest BCUT2D eigenvalue weighted by Crippen LogP contribution is 2.16. The molecule has 0 fully saturated rings. The van der Waals surface area contributed by atoms with Crippen molar-refractivity contribution >= 4 is 11.6 Å². The number of hydrogen-bond acceptors (Lipinski definition) is 4. The van der Waals surface area contributed by atoms with E-state index >= 15 is 0 Å². The number of aryl methyl sites for hydroxylation is 2. The van der Waals surface area contributed by atoms with Crippen molar-refractivity contribution in [2.45, 2.75) is 13.8 Å². The summed E-state index contributed by atoms with van der Waals surface area (Å²) in [6, 6.07) is 5.88. The molecule has 0 radical (unpaired) electrons. The average Bonchev–Trinajstić information content (AvgIpc) is 2.34. The molecule has 5 nitrogen and oxygen atoms in total. The minimum atomic E-state index is -0.143. The molecule has 0 bridgehead atoms. The van der Waals surface area contributed by atoms with Gasteiger partial charge in [0.1, 0.15) is 0 Å². The first kappa shape index (κ1) is 15.6. The predicted molar refractivity (Wildman–Crippen MR) is 75.2 cm³/mol. The highest BCUT2D eigenvalue weighted by molar-refractivity contribution is 5.93. The normalized spacial score (nSPS) is 10.8. The van der Waals surface area contributed by atoms with Crippen LogP contribution in [-0.4, -0.2) is 53.9 Å². The van der Waals surface area contributed by atoms with Gasteiger partial charge in [0.15, 0.2) is 0 Å². The topological polar surface area (TPSA) is 72.8 Å². The van der Waals surface area contributed by atoms with Gasteiger partial charge in [-0.15, -0.1) is 0 Å². The highest BCUT2D eigenvalue weighted by atomic mass is 16.3. The second kappa shape index (κ2) is 7.89. The molecule has 106 valence electrons. The fourth-order valence-electron chi connectivity index (χ4n) is 1.82. The smallest absolute Gasteiger partial charge is 0.238 e. The van der Waals surface area contributed by atoms with Crippen LogP contribution in [0.5, 0.6) is 0 Å². The molecule has 3 N–H and O–H groups in total. The zero-order valence-electron chi connectivity index (χ0n) is 11.5. The van der Waals surface area contributed by atoms with Gasteiger partial charge in [-0.1, -0.05) is 12.1 Å². The van der Waals surface area contributed by atoms with Crippen molar-refractivity contribution in [1.29, 1.82) is 0 Å². The van der Waals surface area contributed by atoms with Crippen LogP contribution in [0.1, 0.15) is 11.1 Å². The molecular formula is C14H22N2O3. The SMILES string of the molecule is Cc1ccc(C)c(NC(=O)CN(CCO)CCO)c1. The summed E-state index contributed by atoms with van der Waals surface area (Å²) in [5.74, 6) is -0.143. The molecule has 0 aliphatic rings. The zero-order chi connectivity index (χ0) is 14.3. The van der Waals surface area contributed by atoms with Crippen LogP contribution in [0.25, 0.3) is 0 Å². The van der Waals surface area contributed by atoms with Crippen molar-refractivity contribution in [1.82, 2.24) is 4.90 Å². The van der Waals surface area contributed by atoms with Crippen molar-refractivity contribution in [2.75, 3.05) is 38.2 Å². The van der Waals surface area contributed by atoms with Gasteiger partial charge in [-0.25, -0.2) is 0 Å². The van der Waals surface area contributed by atoms with Gasteiger partial charge in [-0.3, -0.25) is 9.69 Å². The summed E-state index contributed by atoms with van der Waals surface area (Å²) in [7, 11) is 0. The summed E-state index contributed by atoms with van der Waals surface area (Å²) in [5, 5.41) is 20.6. The molecule has 0 aliphatic carbocycles. The Balaban J connectivity index is 2.60. The summed E-state index contributed by atoms with van der Waals surface area (Å²) >= 11 is 0. The maximum absolute atomic E-state index is 11.9. The van der Waals surface area contributed by atoms with E-state index in [9.17, 15) is 4.79 Å². The maximum Gasteiger partial charge on any atom is 0.238 e. The number of rotatable bonds is 7. The number of aliphatic hydroxyl groups excluding tert-OH is 2. The fourth-order valence-corrected chi connectivity index (χ4v) is 1.82. The molecule has 19 heavy (non-hydrogen) atoms. The van der Waals surface area contributed by atoms with Crippen LogP contribution >= 0.6 is 0 Å². The molecule has 5 heteroatoms. The number of amides is 1. The van der Waals surface area contributed by atoms with Gasteiger partial charge in [0, 0.05) is 18.8 Å². The first-order valence-electron chi connectivity index (χ1n) is 6.38. The van der Waals surface area contributed by atoms with Crippen molar-refractivity contribution in [3.8, 4) is 0 Å². The van der Waals surface area contributed by atoms with E-state index in [4.69, 9.17) is 10.2 Å². The van der Waals surface area contributed by atoms with Crippen molar-refractivity contribution in [3.63, 3.8) is 0 Å². The van der Waals surface area contributed by atoms with E-state index in [1.54, 1.807) is 4.90 Å². The minimum Gasteiger partial charge on any atom is -0.395 e. The zero-order valence-corrected chi connectivity index (χ0v) is 11.5. The van der Waals surface area contributed by atoms with E-state index in [1.807, 2.05) is 32.0 Å². The molecule has 0 spiro atoms. The number of hydrogen-bond donors (Lipinski definition) is 3. The van der Waals surface area contributed by atoms with Gasteiger partial charge in [0.25, 0.3) is 0 Å². The van der Waals surface area contributed by atoms with E-state index in [-0.39, 0.29) is 25.7 Å². The minimum absolute atomic E-state index is 0.0310. The monoisotopic (exact) mass is 266 g/mol. The number of anilines is 1. The van der Waals surface area contributed by atoms with Crippen molar-refractivity contribution in [2.24, 2.45) is 0 Å². The average molecular weight is 266 g/mol. The Morgan fingerprint density at radius 2 is 1.84 bits per heavy atom. The predicted octanol–water partition coefficient (Wildman–Crippen LogP) is 0.529. The lowest BCUT2D eigenvalue weighted by molar-refractivity contribution is -0.117. The number of nitrogens with one attached hydrogen (secondary N) is 1. The largest absolute Gasteiger partial charge is 0.395 e. The molecule has 0 aliphatic heterocycles. The Hall–Kier alpha value is -1.43. The molecule has 1 amide bonds. The Morgan fingerprint density at radius 1 is 1.21 bits per heavy atom. The first-order chi connectivity index (χ1) is 9.06. The number of carbonyl (C=O) groups is 1. The maximum atomic E-state index is 11.9. The molecule has 1 aromatic rings. The lowest BCUT2D eigenvalue weighted by Crippen LogP contribution is -2.37. The van der Waals surface area contributed by atoms with Crippen molar-refractivity contribution in [3.05, 3.63) is 29.3 Å². The lowest BCUT2D eigenvalue weighted by atomic mass is 10.1. The molecule has 1 aromatic carbocycles. The van der Waals surface area contributed by atoms with Gasteiger partial charge in [-0.2, -0.15) is 0 Å². The molecule has 0 saturated heterocycles. The summed E-state index contributed by atoms with van der Waals surface area (Å²) in [6.45, 7) is 4.76. The standard InChI is InChI=1S/C14H22N2O3/c1-11-3-4-12(2)13(9-11)15-14(19)10-16(5-7-17)6-8-18/h3-4,9,17-18H,5-8,10H2,1-2H3,(H,15,19). The van der Waals surface area contributed by atoms with Gasteiger partial charge in [0.2, 0.25) is 5.91 Å². The van der Waals surface area contributed by atoms with E-state index in [0.29, 0.717) is 13.1 Å². The van der Waals surface area contributed by atoms with Crippen LogP contribution in [0, 0.1) is 13.8 Å². The van der Waals surface area contributed by atoms with Gasteiger partial charge in [-0.05, 0) is 31.0 Å². The van der Waals surface area contributed by atoms with Gasteiger partial charge < -0.3 is 15.5 Å². The second-order valence-electron chi connectivity index (χ2n) is 4.59. The van der Waals surface area contributed by atoms with Gasteiger partial charge >= 0.3 is 0 Å². The third-order valence-electron chi connectivity index (χ3n) is 2.87.